The second kappa shape index (κ2) is 10.8. The van der Waals surface area contributed by atoms with Crippen LogP contribution in [0.4, 0.5) is 11.6 Å². The standard InChI is InChI=1S/C30H39N11O/c1-19-21-8-7-20(29(42)35-23-9-10-40(36-23)16-15-39-13-11-38(6)12-14-39)17-22(21)34-25(19)26-24-27(31-5)32-18-33-28(24)41(37-26)30(2,3)4/h7-10,17-18,34H,11-16H2,1-6H3,(H,31,32,33)(H,35,36,42). The third kappa shape index (κ3) is 5.23. The number of fused-ring (bicyclic) bond motifs is 2. The average molecular weight is 570 g/mol. The van der Waals surface area contributed by atoms with E-state index >= 15 is 0 Å². The molecule has 5 heterocycles. The number of aromatic nitrogens is 7. The van der Waals surface area contributed by atoms with Gasteiger partial charge in [0.05, 0.1) is 23.2 Å². The molecule has 1 aliphatic rings. The lowest BCUT2D eigenvalue weighted by Crippen LogP contribution is -2.45. The molecule has 0 atom stereocenters. The number of H-pyrrole nitrogens is 1. The van der Waals surface area contributed by atoms with E-state index in [4.69, 9.17) is 5.10 Å². The van der Waals surface area contributed by atoms with Crippen LogP contribution in [0, 0.1) is 6.92 Å². The number of hydrogen-bond donors (Lipinski definition) is 3. The molecule has 220 valence electrons. The number of aryl methyl sites for hydroxylation is 1. The summed E-state index contributed by atoms with van der Waals surface area (Å²) in [6.45, 7) is 14.4. The van der Waals surface area contributed by atoms with Gasteiger partial charge in [0.1, 0.15) is 17.8 Å². The van der Waals surface area contributed by atoms with Crippen molar-refractivity contribution in [3.63, 3.8) is 0 Å². The second-order valence-electron chi connectivity index (χ2n) is 12.1. The Morgan fingerprint density at radius 1 is 1.05 bits per heavy atom. The molecule has 12 heteroatoms. The number of hydrogen-bond acceptors (Lipinski definition) is 8. The average Bonchev–Trinajstić information content (AvgIpc) is 3.67. The smallest absolute Gasteiger partial charge is 0.256 e. The van der Waals surface area contributed by atoms with Crippen molar-refractivity contribution in [3.8, 4) is 11.4 Å². The van der Waals surface area contributed by atoms with E-state index in [9.17, 15) is 4.79 Å². The number of nitrogens with one attached hydrogen (secondary N) is 3. The molecule has 42 heavy (non-hydrogen) atoms. The maximum absolute atomic E-state index is 13.2. The summed E-state index contributed by atoms with van der Waals surface area (Å²) in [6, 6.07) is 7.55. The third-order valence-electron chi connectivity index (χ3n) is 8.02. The molecule has 1 saturated heterocycles. The Kier molecular flexibility index (Phi) is 7.19. The van der Waals surface area contributed by atoms with Gasteiger partial charge >= 0.3 is 0 Å². The quantitative estimate of drug-likeness (QED) is 0.271. The highest BCUT2D eigenvalue weighted by Crippen LogP contribution is 2.37. The summed E-state index contributed by atoms with van der Waals surface area (Å²) in [5.74, 6) is 1.05. The summed E-state index contributed by atoms with van der Waals surface area (Å²) in [5, 5.41) is 17.6. The van der Waals surface area contributed by atoms with Crippen molar-refractivity contribution in [2.75, 3.05) is 57.5 Å². The largest absolute Gasteiger partial charge is 0.372 e. The monoisotopic (exact) mass is 569 g/mol. The topological polar surface area (TPSA) is 125 Å². The fourth-order valence-electron chi connectivity index (χ4n) is 5.56. The number of nitrogens with zero attached hydrogens (tertiary/aromatic N) is 8. The van der Waals surface area contributed by atoms with E-state index in [1.807, 2.05) is 46.9 Å². The molecule has 1 aromatic carbocycles. The lowest BCUT2D eigenvalue weighted by Gasteiger charge is -2.32. The lowest BCUT2D eigenvalue weighted by molar-refractivity contribution is 0.102. The predicted molar refractivity (Wildman–Crippen MR) is 166 cm³/mol. The van der Waals surface area contributed by atoms with Crippen molar-refractivity contribution in [2.45, 2.75) is 39.8 Å². The summed E-state index contributed by atoms with van der Waals surface area (Å²) in [6.07, 6.45) is 3.47. The van der Waals surface area contributed by atoms with Gasteiger partial charge in [0.2, 0.25) is 0 Å². The Bertz CT molecular complexity index is 1750. The molecule has 0 aliphatic carbocycles. The molecule has 0 radical (unpaired) electrons. The van der Waals surface area contributed by atoms with Gasteiger partial charge in [-0.15, -0.1) is 0 Å². The maximum atomic E-state index is 13.2. The van der Waals surface area contributed by atoms with Crippen LogP contribution in [0.15, 0.2) is 36.8 Å². The summed E-state index contributed by atoms with van der Waals surface area (Å²) < 4.78 is 3.83. The molecule has 0 unspecified atom stereocenters. The van der Waals surface area contributed by atoms with Gasteiger partial charge in [-0.25, -0.2) is 14.6 Å². The second-order valence-corrected chi connectivity index (χ2v) is 12.1. The van der Waals surface area contributed by atoms with Crippen LogP contribution in [-0.4, -0.2) is 97.0 Å². The molecule has 4 aromatic heterocycles. The first-order chi connectivity index (χ1) is 20.1. The Morgan fingerprint density at radius 2 is 1.83 bits per heavy atom. The molecule has 3 N–H and O–H groups in total. The van der Waals surface area contributed by atoms with Crippen LogP contribution in [0.25, 0.3) is 33.3 Å². The molecule has 0 saturated carbocycles. The van der Waals surface area contributed by atoms with Crippen LogP contribution in [0.1, 0.15) is 36.7 Å². The number of amides is 1. The highest BCUT2D eigenvalue weighted by atomic mass is 16.1. The lowest BCUT2D eigenvalue weighted by atomic mass is 10.1. The Labute approximate surface area is 245 Å². The normalized spacial score (nSPS) is 15.1. The van der Waals surface area contributed by atoms with E-state index in [0.29, 0.717) is 17.2 Å². The number of benzene rings is 1. The van der Waals surface area contributed by atoms with Crippen molar-refractivity contribution in [3.05, 3.63) is 47.9 Å². The van der Waals surface area contributed by atoms with Gasteiger partial charge in [-0.05, 0) is 52.4 Å². The molecule has 12 nitrogen and oxygen atoms in total. The first kappa shape index (κ1) is 27.9. The number of carbonyl (C=O) groups is 1. The van der Waals surface area contributed by atoms with E-state index in [2.05, 4.69) is 75.2 Å². The summed E-state index contributed by atoms with van der Waals surface area (Å²) in [4.78, 5) is 30.6. The zero-order valence-corrected chi connectivity index (χ0v) is 25.2. The van der Waals surface area contributed by atoms with Crippen LogP contribution in [-0.2, 0) is 12.1 Å². The number of aromatic amines is 1. The fraction of sp³-hybridized carbons (Fsp3) is 0.433. The Balaban J connectivity index is 1.24. The maximum Gasteiger partial charge on any atom is 0.256 e. The highest BCUT2D eigenvalue weighted by Gasteiger charge is 2.26. The van der Waals surface area contributed by atoms with Crippen LogP contribution >= 0.6 is 0 Å². The molecule has 1 amide bonds. The van der Waals surface area contributed by atoms with Gasteiger partial charge in [-0.3, -0.25) is 14.4 Å². The first-order valence-electron chi connectivity index (χ1n) is 14.4. The molecule has 5 aromatic rings. The predicted octanol–water partition coefficient (Wildman–Crippen LogP) is 3.78. The van der Waals surface area contributed by atoms with E-state index in [0.717, 1.165) is 78.2 Å². The van der Waals surface area contributed by atoms with E-state index in [1.165, 1.54) is 0 Å². The number of carbonyl (C=O) groups excluding carboxylic acids is 1. The Hall–Kier alpha value is -4.29. The van der Waals surface area contributed by atoms with E-state index in [1.54, 1.807) is 6.33 Å². The van der Waals surface area contributed by atoms with E-state index in [-0.39, 0.29) is 11.4 Å². The van der Waals surface area contributed by atoms with Crippen molar-refractivity contribution in [2.24, 2.45) is 0 Å². The zero-order chi connectivity index (χ0) is 29.6. The number of piperazine rings is 1. The molecule has 1 fully saturated rings. The van der Waals surface area contributed by atoms with Gasteiger partial charge in [0.25, 0.3) is 5.91 Å². The van der Waals surface area contributed by atoms with Gasteiger partial charge in [-0.2, -0.15) is 10.2 Å². The van der Waals surface area contributed by atoms with Crippen LogP contribution in [0.2, 0.25) is 0 Å². The van der Waals surface area contributed by atoms with Crippen LogP contribution in [0.5, 0.6) is 0 Å². The van der Waals surface area contributed by atoms with Crippen LogP contribution in [0.3, 0.4) is 0 Å². The van der Waals surface area contributed by atoms with Gasteiger partial charge in [-0.1, -0.05) is 6.07 Å². The van der Waals surface area contributed by atoms with Gasteiger partial charge in [0, 0.05) is 68.5 Å². The van der Waals surface area contributed by atoms with E-state index < -0.39 is 0 Å². The summed E-state index contributed by atoms with van der Waals surface area (Å²) >= 11 is 0. The Morgan fingerprint density at radius 3 is 2.57 bits per heavy atom. The zero-order valence-electron chi connectivity index (χ0n) is 25.2. The summed E-state index contributed by atoms with van der Waals surface area (Å²) in [5.41, 5.74) is 4.58. The number of likely N-dealkylation sites (N-methyl/N-ethyl adjacent to an activating group) is 1. The van der Waals surface area contributed by atoms with Crippen LogP contribution < -0.4 is 10.6 Å². The minimum Gasteiger partial charge on any atom is -0.372 e. The molecule has 1 aliphatic heterocycles. The van der Waals surface area contributed by atoms with Crippen molar-refractivity contribution >= 4 is 39.5 Å². The van der Waals surface area contributed by atoms with Gasteiger partial charge < -0.3 is 20.5 Å². The SMILES string of the molecule is CNc1ncnc2c1c(-c1[nH]c3cc(C(=O)Nc4ccn(CCN5CCN(C)CC5)n4)ccc3c1C)nn2C(C)(C)C. The van der Waals surface area contributed by atoms with Crippen molar-refractivity contribution in [1.29, 1.82) is 0 Å². The number of rotatable bonds is 7. The first-order valence-corrected chi connectivity index (χ1v) is 14.4. The summed E-state index contributed by atoms with van der Waals surface area (Å²) in [7, 11) is 4.01. The van der Waals surface area contributed by atoms with Crippen molar-refractivity contribution < 1.29 is 4.79 Å². The highest BCUT2D eigenvalue weighted by molar-refractivity contribution is 6.07. The molecule has 6 rings (SSSR count). The molecule has 0 spiro atoms. The molecular weight excluding hydrogens is 530 g/mol. The minimum atomic E-state index is -0.279. The minimum absolute atomic E-state index is 0.205. The molecule has 0 bridgehead atoms. The van der Waals surface area contributed by atoms with Gasteiger partial charge in [0.15, 0.2) is 11.5 Å². The third-order valence-corrected chi connectivity index (χ3v) is 8.02. The van der Waals surface area contributed by atoms with Crippen molar-refractivity contribution in [1.82, 2.24) is 44.3 Å². The number of anilines is 2. The fourth-order valence-corrected chi connectivity index (χ4v) is 5.56. The molecular formula is C30H39N11O.